The van der Waals surface area contributed by atoms with Crippen LogP contribution in [-0.4, -0.2) is 23.5 Å². The monoisotopic (exact) mass is 222 g/mol. The zero-order chi connectivity index (χ0) is 12.0. The van der Waals surface area contributed by atoms with Gasteiger partial charge in [-0.3, -0.25) is 9.59 Å². The first-order valence-corrected chi connectivity index (χ1v) is 4.91. The molecule has 0 aliphatic heterocycles. The summed E-state index contributed by atoms with van der Waals surface area (Å²) in [5, 5.41) is 10.7. The lowest BCUT2D eigenvalue weighted by Crippen LogP contribution is -2.29. The number of carboxylic acid groups (broad SMARTS) is 1. The standard InChI is InChI=1S/C11H14N2O3/c12-9-4-1-8(2-5-9)3-6-10(14)13-7-11(15)16/h1-2,4-5H,3,6-7,12H2,(H,13,14)(H,15,16). The fourth-order valence-corrected chi connectivity index (χ4v) is 1.20. The molecule has 0 unspecified atom stereocenters. The fraction of sp³-hybridized carbons (Fsp3) is 0.273. The molecular formula is C11H14N2O3. The molecule has 86 valence electrons. The maximum Gasteiger partial charge on any atom is 0.322 e. The Bertz CT molecular complexity index is 373. The Balaban J connectivity index is 2.31. The summed E-state index contributed by atoms with van der Waals surface area (Å²) in [7, 11) is 0. The number of nitrogens with one attached hydrogen (secondary N) is 1. The maximum absolute atomic E-state index is 11.2. The number of carbonyl (C=O) groups is 2. The Morgan fingerprint density at radius 3 is 2.44 bits per heavy atom. The van der Waals surface area contributed by atoms with Crippen LogP contribution >= 0.6 is 0 Å². The van der Waals surface area contributed by atoms with Gasteiger partial charge in [0.1, 0.15) is 6.54 Å². The average molecular weight is 222 g/mol. The molecule has 0 bridgehead atoms. The molecule has 1 rings (SSSR count). The molecule has 1 amide bonds. The van der Waals surface area contributed by atoms with Gasteiger partial charge in [0.25, 0.3) is 0 Å². The molecule has 1 aromatic carbocycles. The minimum Gasteiger partial charge on any atom is -0.480 e. The van der Waals surface area contributed by atoms with Crippen LogP contribution < -0.4 is 11.1 Å². The molecule has 0 aliphatic rings. The normalized spacial score (nSPS) is 9.75. The largest absolute Gasteiger partial charge is 0.480 e. The van der Waals surface area contributed by atoms with Crippen LogP contribution in [0.15, 0.2) is 24.3 Å². The minimum atomic E-state index is -1.04. The minimum absolute atomic E-state index is 0.265. The molecule has 4 N–H and O–H groups in total. The third-order valence-corrected chi connectivity index (χ3v) is 2.06. The highest BCUT2D eigenvalue weighted by Crippen LogP contribution is 2.07. The van der Waals surface area contributed by atoms with E-state index < -0.39 is 5.97 Å². The Labute approximate surface area is 93.3 Å². The van der Waals surface area contributed by atoms with Gasteiger partial charge in [-0.1, -0.05) is 12.1 Å². The SMILES string of the molecule is Nc1ccc(CCC(=O)NCC(=O)O)cc1. The summed E-state index contributed by atoms with van der Waals surface area (Å²) in [5.74, 6) is -1.31. The van der Waals surface area contributed by atoms with Crippen molar-refractivity contribution >= 4 is 17.6 Å². The van der Waals surface area contributed by atoms with Gasteiger partial charge in [0, 0.05) is 12.1 Å². The molecule has 0 spiro atoms. The molecule has 0 saturated heterocycles. The number of carbonyl (C=O) groups excluding carboxylic acids is 1. The van der Waals surface area contributed by atoms with Crippen LogP contribution in [0, 0.1) is 0 Å². The number of anilines is 1. The highest BCUT2D eigenvalue weighted by Gasteiger charge is 2.03. The zero-order valence-corrected chi connectivity index (χ0v) is 8.77. The molecule has 0 heterocycles. The first kappa shape index (κ1) is 12.0. The lowest BCUT2D eigenvalue weighted by atomic mass is 10.1. The average Bonchev–Trinajstić information content (AvgIpc) is 2.25. The van der Waals surface area contributed by atoms with Crippen LogP contribution in [0.3, 0.4) is 0 Å². The van der Waals surface area contributed by atoms with Crippen LogP contribution in [0.25, 0.3) is 0 Å². The molecule has 5 nitrogen and oxygen atoms in total. The van der Waals surface area contributed by atoms with Crippen LogP contribution in [0.4, 0.5) is 5.69 Å². The van der Waals surface area contributed by atoms with Gasteiger partial charge in [0.05, 0.1) is 0 Å². The van der Waals surface area contributed by atoms with Gasteiger partial charge < -0.3 is 16.2 Å². The van der Waals surface area contributed by atoms with Crippen LogP contribution in [0.1, 0.15) is 12.0 Å². The second-order valence-corrected chi connectivity index (χ2v) is 3.41. The van der Waals surface area contributed by atoms with E-state index in [-0.39, 0.29) is 18.9 Å². The predicted molar refractivity (Wildman–Crippen MR) is 59.8 cm³/mol. The lowest BCUT2D eigenvalue weighted by Gasteiger charge is -2.03. The van der Waals surface area contributed by atoms with Gasteiger partial charge in [0.2, 0.25) is 5.91 Å². The van der Waals surface area contributed by atoms with Crippen molar-refractivity contribution in [1.29, 1.82) is 0 Å². The molecule has 0 saturated carbocycles. The third-order valence-electron chi connectivity index (χ3n) is 2.06. The second-order valence-electron chi connectivity index (χ2n) is 3.41. The quantitative estimate of drug-likeness (QED) is 0.629. The Hall–Kier alpha value is -2.04. The summed E-state index contributed by atoms with van der Waals surface area (Å²) in [4.78, 5) is 21.4. The Morgan fingerprint density at radius 2 is 1.88 bits per heavy atom. The summed E-state index contributed by atoms with van der Waals surface area (Å²) in [5.41, 5.74) is 7.20. The topological polar surface area (TPSA) is 92.4 Å². The third kappa shape index (κ3) is 4.45. The van der Waals surface area contributed by atoms with Crippen molar-refractivity contribution in [2.24, 2.45) is 0 Å². The number of aryl methyl sites for hydroxylation is 1. The highest BCUT2D eigenvalue weighted by molar-refractivity contribution is 5.81. The number of rotatable bonds is 5. The van der Waals surface area contributed by atoms with Crippen LogP contribution in [0.2, 0.25) is 0 Å². The molecule has 1 aromatic rings. The number of nitrogen functional groups attached to an aromatic ring is 1. The smallest absolute Gasteiger partial charge is 0.322 e. The first-order valence-electron chi connectivity index (χ1n) is 4.91. The zero-order valence-electron chi connectivity index (χ0n) is 8.77. The van der Waals surface area contributed by atoms with E-state index >= 15 is 0 Å². The molecule has 0 radical (unpaired) electrons. The summed E-state index contributed by atoms with van der Waals surface area (Å²) in [6.45, 7) is -0.333. The lowest BCUT2D eigenvalue weighted by molar-refractivity contribution is -0.137. The van der Waals surface area contributed by atoms with E-state index in [4.69, 9.17) is 10.8 Å². The maximum atomic E-state index is 11.2. The fourth-order valence-electron chi connectivity index (χ4n) is 1.20. The van der Waals surface area contributed by atoms with E-state index in [9.17, 15) is 9.59 Å². The van der Waals surface area contributed by atoms with Crippen molar-refractivity contribution in [3.63, 3.8) is 0 Å². The predicted octanol–water partition coefficient (Wildman–Crippen LogP) is 0.402. The van der Waals surface area contributed by atoms with E-state index in [0.717, 1.165) is 5.56 Å². The van der Waals surface area contributed by atoms with Gasteiger partial charge in [0.15, 0.2) is 0 Å². The van der Waals surface area contributed by atoms with Gasteiger partial charge >= 0.3 is 5.97 Å². The number of hydrogen-bond acceptors (Lipinski definition) is 3. The van der Waals surface area contributed by atoms with Gasteiger partial charge in [-0.15, -0.1) is 0 Å². The van der Waals surface area contributed by atoms with Gasteiger partial charge in [-0.25, -0.2) is 0 Å². The second kappa shape index (κ2) is 5.75. The molecular weight excluding hydrogens is 208 g/mol. The van der Waals surface area contributed by atoms with Crippen LogP contribution in [0.5, 0.6) is 0 Å². The Kier molecular flexibility index (Phi) is 4.32. The summed E-state index contributed by atoms with van der Waals surface area (Å²) < 4.78 is 0. The molecule has 0 fully saturated rings. The van der Waals surface area contributed by atoms with Gasteiger partial charge in [-0.05, 0) is 24.1 Å². The molecule has 5 heteroatoms. The number of amides is 1. The summed E-state index contributed by atoms with van der Waals surface area (Å²) in [6, 6.07) is 7.23. The number of hydrogen-bond donors (Lipinski definition) is 3. The molecule has 16 heavy (non-hydrogen) atoms. The van der Waals surface area contributed by atoms with Crippen molar-refractivity contribution in [2.75, 3.05) is 12.3 Å². The number of aliphatic carboxylic acids is 1. The van der Waals surface area contributed by atoms with E-state index in [1.807, 2.05) is 12.1 Å². The molecule has 0 atom stereocenters. The van der Waals surface area contributed by atoms with Crippen molar-refractivity contribution in [3.05, 3.63) is 29.8 Å². The summed E-state index contributed by atoms with van der Waals surface area (Å²) >= 11 is 0. The van der Waals surface area contributed by atoms with Gasteiger partial charge in [-0.2, -0.15) is 0 Å². The van der Waals surface area contributed by atoms with E-state index in [1.165, 1.54) is 0 Å². The highest BCUT2D eigenvalue weighted by atomic mass is 16.4. The molecule has 0 aromatic heterocycles. The van der Waals surface area contributed by atoms with Crippen LogP contribution in [-0.2, 0) is 16.0 Å². The number of carboxylic acids is 1. The van der Waals surface area contributed by atoms with E-state index in [1.54, 1.807) is 12.1 Å². The Morgan fingerprint density at radius 1 is 1.25 bits per heavy atom. The van der Waals surface area contributed by atoms with E-state index in [2.05, 4.69) is 5.32 Å². The van der Waals surface area contributed by atoms with E-state index in [0.29, 0.717) is 12.1 Å². The van der Waals surface area contributed by atoms with Crippen molar-refractivity contribution in [1.82, 2.24) is 5.32 Å². The van der Waals surface area contributed by atoms with Crippen molar-refractivity contribution in [3.8, 4) is 0 Å². The van der Waals surface area contributed by atoms with Crippen molar-refractivity contribution < 1.29 is 14.7 Å². The molecule has 0 aliphatic carbocycles. The number of benzene rings is 1. The van der Waals surface area contributed by atoms with Crippen molar-refractivity contribution in [2.45, 2.75) is 12.8 Å². The first-order chi connectivity index (χ1) is 7.58. The summed E-state index contributed by atoms with van der Waals surface area (Å²) in [6.07, 6.45) is 0.850. The number of nitrogens with two attached hydrogens (primary N) is 1.